The van der Waals surface area contributed by atoms with Crippen molar-refractivity contribution in [3.63, 3.8) is 0 Å². The Balaban J connectivity index is 0.000000363. The molecular weight excluding hydrogens is 488 g/mol. The predicted octanol–water partition coefficient (Wildman–Crippen LogP) is 4.37. The number of benzene rings is 1. The maximum Gasteiger partial charge on any atom is 0.586 e. The molecule has 3 heterocycles. The largest absolute Gasteiger partial charge is 0.586 e. The lowest BCUT2D eigenvalue weighted by Crippen LogP contribution is -2.62. The zero-order valence-corrected chi connectivity index (χ0v) is 20.1. The second-order valence-electron chi connectivity index (χ2n) is 8.17. The summed E-state index contributed by atoms with van der Waals surface area (Å²) in [5.41, 5.74) is 1.59. The molecule has 1 fully saturated rings. The Kier molecular flexibility index (Phi) is 7.79. The molecule has 2 aliphatic heterocycles. The standard InChI is InChI=1S/C17H18F2N2O6.C6H6ClN/c1-8(2)25-15(23)11-7-14(22)21(11)16(24)20-9(3)10-4-5-12-13(6-10)27-17(18,19)26-12;1-5-2-3-6(7)8-4-5/h4-6,8-9,11H,7H2,1-3H3,(H,20,24);2-4H,1H3/t9?,11-;/m0./s1. The number of carbonyl (C=O) groups excluding carboxylic acids is 3. The van der Waals surface area contributed by atoms with Crippen LogP contribution in [0.5, 0.6) is 11.5 Å². The highest BCUT2D eigenvalue weighted by molar-refractivity contribution is 6.29. The average molecular weight is 512 g/mol. The molecule has 0 radical (unpaired) electrons. The summed E-state index contributed by atoms with van der Waals surface area (Å²) in [7, 11) is 0. The van der Waals surface area contributed by atoms with Crippen molar-refractivity contribution in [1.82, 2.24) is 15.2 Å². The number of alkyl halides is 2. The minimum Gasteiger partial charge on any atom is -0.461 e. The van der Waals surface area contributed by atoms with Gasteiger partial charge in [0.2, 0.25) is 5.91 Å². The van der Waals surface area contributed by atoms with Crippen LogP contribution in [0.3, 0.4) is 0 Å². The number of hydrogen-bond acceptors (Lipinski definition) is 7. The monoisotopic (exact) mass is 511 g/mol. The number of aryl methyl sites for hydroxylation is 1. The van der Waals surface area contributed by atoms with Crippen molar-refractivity contribution in [2.75, 3.05) is 0 Å². The molecular formula is C23H24ClF2N3O6. The molecule has 3 amide bonds. The molecule has 1 N–H and O–H groups in total. The second kappa shape index (κ2) is 10.4. The number of rotatable bonds is 4. The first-order valence-electron chi connectivity index (χ1n) is 10.7. The quantitative estimate of drug-likeness (QED) is 0.369. The molecule has 4 rings (SSSR count). The number of esters is 1. The first kappa shape index (κ1) is 26.1. The highest BCUT2D eigenvalue weighted by Gasteiger charge is 2.47. The van der Waals surface area contributed by atoms with Gasteiger partial charge in [-0.15, -0.1) is 8.78 Å². The van der Waals surface area contributed by atoms with Gasteiger partial charge in [-0.25, -0.2) is 19.5 Å². The lowest BCUT2D eigenvalue weighted by atomic mass is 10.0. The molecule has 1 unspecified atom stereocenters. The summed E-state index contributed by atoms with van der Waals surface area (Å²) < 4.78 is 39.9. The SMILES string of the molecule is CC(C)OC(=O)[C@@H]1CC(=O)N1C(=O)NC(C)c1ccc2c(c1)OC(F)(F)O2.Cc1ccc(Cl)nc1. The van der Waals surface area contributed by atoms with Gasteiger partial charge in [-0.05, 0) is 57.0 Å². The third kappa shape index (κ3) is 6.56. The zero-order chi connectivity index (χ0) is 25.9. The van der Waals surface area contributed by atoms with Crippen LogP contribution >= 0.6 is 11.6 Å². The minimum absolute atomic E-state index is 0.105. The first-order chi connectivity index (χ1) is 16.4. The van der Waals surface area contributed by atoms with Gasteiger partial charge in [-0.2, -0.15) is 0 Å². The summed E-state index contributed by atoms with van der Waals surface area (Å²) in [4.78, 5) is 40.7. The molecule has 0 saturated carbocycles. The van der Waals surface area contributed by atoms with Crippen LogP contribution in [0.2, 0.25) is 5.15 Å². The van der Waals surface area contributed by atoms with E-state index < -0.39 is 36.3 Å². The Labute approximate surface area is 205 Å². The van der Waals surface area contributed by atoms with Crippen LogP contribution in [0.1, 0.15) is 44.4 Å². The van der Waals surface area contributed by atoms with Crippen molar-refractivity contribution in [2.45, 2.75) is 58.6 Å². The smallest absolute Gasteiger partial charge is 0.461 e. The molecule has 2 aliphatic rings. The van der Waals surface area contributed by atoms with Crippen LogP contribution in [0, 0.1) is 6.92 Å². The van der Waals surface area contributed by atoms with Gasteiger partial charge in [0.05, 0.1) is 18.6 Å². The summed E-state index contributed by atoms with van der Waals surface area (Å²) in [5, 5.41) is 3.10. The number of amides is 3. The van der Waals surface area contributed by atoms with E-state index in [0.29, 0.717) is 10.7 Å². The summed E-state index contributed by atoms with van der Waals surface area (Å²) >= 11 is 5.50. The van der Waals surface area contributed by atoms with Gasteiger partial charge in [0.15, 0.2) is 11.5 Å². The Morgan fingerprint density at radius 1 is 1.20 bits per heavy atom. The Morgan fingerprint density at radius 2 is 1.89 bits per heavy atom. The Hall–Kier alpha value is -3.47. The number of β-lactam (4-membered cyclic amide) rings is 1. The number of fused-ring (bicyclic) bond motifs is 1. The number of ether oxygens (including phenoxy) is 3. The number of pyridine rings is 1. The highest BCUT2D eigenvalue weighted by atomic mass is 35.5. The molecule has 2 aromatic rings. The summed E-state index contributed by atoms with van der Waals surface area (Å²) in [6.07, 6.45) is -2.47. The molecule has 35 heavy (non-hydrogen) atoms. The van der Waals surface area contributed by atoms with Crippen molar-refractivity contribution in [3.05, 3.63) is 52.8 Å². The first-order valence-corrected chi connectivity index (χ1v) is 11.0. The molecule has 1 aromatic heterocycles. The van der Waals surface area contributed by atoms with Gasteiger partial charge in [0.1, 0.15) is 11.2 Å². The fourth-order valence-electron chi connectivity index (χ4n) is 3.19. The van der Waals surface area contributed by atoms with E-state index in [4.69, 9.17) is 16.3 Å². The van der Waals surface area contributed by atoms with Gasteiger partial charge < -0.3 is 19.5 Å². The molecule has 1 saturated heterocycles. The molecule has 1 aromatic carbocycles. The van der Waals surface area contributed by atoms with Crippen LogP contribution in [-0.4, -0.2) is 46.2 Å². The van der Waals surface area contributed by atoms with Gasteiger partial charge >= 0.3 is 18.3 Å². The van der Waals surface area contributed by atoms with Crippen LogP contribution in [-0.2, 0) is 14.3 Å². The summed E-state index contributed by atoms with van der Waals surface area (Å²) in [6.45, 7) is 6.89. The van der Waals surface area contributed by atoms with E-state index in [2.05, 4.69) is 19.8 Å². The van der Waals surface area contributed by atoms with Crippen molar-refractivity contribution >= 4 is 29.5 Å². The average Bonchev–Trinajstić information content (AvgIpc) is 3.06. The fourth-order valence-corrected chi connectivity index (χ4v) is 3.31. The lowest BCUT2D eigenvalue weighted by molar-refractivity contribution is -0.286. The molecule has 9 nitrogen and oxygen atoms in total. The van der Waals surface area contributed by atoms with Crippen molar-refractivity contribution in [3.8, 4) is 11.5 Å². The van der Waals surface area contributed by atoms with Crippen molar-refractivity contribution < 1.29 is 37.4 Å². The topological polar surface area (TPSA) is 107 Å². The Morgan fingerprint density at radius 3 is 2.46 bits per heavy atom. The van der Waals surface area contributed by atoms with E-state index in [0.717, 1.165) is 10.5 Å². The third-order valence-electron chi connectivity index (χ3n) is 4.93. The highest BCUT2D eigenvalue weighted by Crippen LogP contribution is 2.42. The number of likely N-dealkylation sites (tertiary alicyclic amines) is 1. The van der Waals surface area contributed by atoms with Crippen LogP contribution in [0.25, 0.3) is 0 Å². The number of hydrogen-bond donors (Lipinski definition) is 1. The second-order valence-corrected chi connectivity index (χ2v) is 8.56. The van der Waals surface area contributed by atoms with E-state index >= 15 is 0 Å². The van der Waals surface area contributed by atoms with Crippen LogP contribution < -0.4 is 14.8 Å². The van der Waals surface area contributed by atoms with Crippen LogP contribution in [0.4, 0.5) is 13.6 Å². The van der Waals surface area contributed by atoms with Gasteiger partial charge in [0, 0.05) is 6.20 Å². The molecule has 0 aliphatic carbocycles. The zero-order valence-electron chi connectivity index (χ0n) is 19.4. The van der Waals surface area contributed by atoms with Gasteiger partial charge in [0.25, 0.3) is 0 Å². The van der Waals surface area contributed by atoms with Crippen molar-refractivity contribution in [2.24, 2.45) is 0 Å². The predicted molar refractivity (Wildman–Crippen MR) is 120 cm³/mol. The van der Waals surface area contributed by atoms with E-state index in [-0.39, 0.29) is 24.0 Å². The molecule has 188 valence electrons. The number of urea groups is 1. The van der Waals surface area contributed by atoms with Crippen LogP contribution in [0.15, 0.2) is 36.5 Å². The number of nitrogens with zero attached hydrogens (tertiary/aromatic N) is 2. The van der Waals surface area contributed by atoms with E-state index in [1.807, 2.05) is 13.0 Å². The lowest BCUT2D eigenvalue weighted by Gasteiger charge is -2.37. The maximum atomic E-state index is 13.1. The van der Waals surface area contributed by atoms with E-state index in [1.54, 1.807) is 33.0 Å². The van der Waals surface area contributed by atoms with E-state index in [9.17, 15) is 23.2 Å². The molecule has 0 spiro atoms. The van der Waals surface area contributed by atoms with Gasteiger partial charge in [-0.1, -0.05) is 23.7 Å². The number of imide groups is 1. The number of aromatic nitrogens is 1. The molecule has 12 heteroatoms. The minimum atomic E-state index is -3.73. The fraction of sp³-hybridized carbons (Fsp3) is 0.391. The summed E-state index contributed by atoms with van der Waals surface area (Å²) in [6, 6.07) is 5.41. The maximum absolute atomic E-state index is 13.1. The third-order valence-corrected chi connectivity index (χ3v) is 5.16. The molecule has 0 bridgehead atoms. The molecule has 2 atom stereocenters. The number of carbonyl (C=O) groups is 3. The number of halogens is 3. The summed E-state index contributed by atoms with van der Waals surface area (Å²) in [5.74, 6) is -1.43. The number of nitrogens with one attached hydrogen (secondary N) is 1. The Bertz CT molecular complexity index is 1090. The van der Waals surface area contributed by atoms with E-state index in [1.165, 1.54) is 18.2 Å². The van der Waals surface area contributed by atoms with Crippen molar-refractivity contribution in [1.29, 1.82) is 0 Å². The van der Waals surface area contributed by atoms with Gasteiger partial charge in [-0.3, -0.25) is 4.79 Å². The normalized spacial score (nSPS) is 18.2.